The van der Waals surface area contributed by atoms with Gasteiger partial charge in [0.05, 0.1) is 11.3 Å². The first-order valence-electron chi connectivity index (χ1n) is 3.88. The van der Waals surface area contributed by atoms with Crippen LogP contribution in [0.25, 0.3) is 0 Å². The molecule has 1 aromatic carbocycles. The third-order valence-electron chi connectivity index (χ3n) is 1.98. The molecule has 0 saturated carbocycles. The molecule has 0 spiro atoms. The fraction of sp³-hybridized carbons (Fsp3) is 0. The van der Waals surface area contributed by atoms with E-state index >= 15 is 0 Å². The molecule has 0 aromatic heterocycles. The summed E-state index contributed by atoms with van der Waals surface area (Å²) < 4.78 is 30.6. The van der Waals surface area contributed by atoms with Crippen molar-refractivity contribution in [3.05, 3.63) is 29.8 Å². The van der Waals surface area contributed by atoms with E-state index in [1.807, 2.05) is 0 Å². The van der Waals surface area contributed by atoms with Crippen molar-refractivity contribution in [2.24, 2.45) is 0 Å². The van der Waals surface area contributed by atoms with Crippen molar-refractivity contribution in [2.75, 3.05) is 4.31 Å². The predicted molar refractivity (Wildman–Crippen MR) is 49.8 cm³/mol. The molecule has 0 aliphatic carbocycles. The Morgan fingerprint density at radius 3 is 2.33 bits per heavy atom. The summed E-state index contributed by atoms with van der Waals surface area (Å²) in [6, 6.07) is 5.55. The van der Waals surface area contributed by atoms with Crippen molar-refractivity contribution in [2.45, 2.75) is 0 Å². The van der Waals surface area contributed by atoms with Crippen molar-refractivity contribution < 1.29 is 22.6 Å². The second kappa shape index (κ2) is 2.88. The van der Waals surface area contributed by atoms with Gasteiger partial charge < -0.3 is 0 Å². The Kier molecular flexibility index (Phi) is 1.88. The van der Waals surface area contributed by atoms with E-state index in [2.05, 4.69) is 0 Å². The normalized spacial score (nSPS) is 15.7. The summed E-state index contributed by atoms with van der Waals surface area (Å²) in [5.41, 5.74) is -0.143. The van der Waals surface area contributed by atoms with E-state index in [1.165, 1.54) is 24.3 Å². The molecule has 0 unspecified atom stereocenters. The molecular formula is C8H5NO5S. The van der Waals surface area contributed by atoms with Crippen molar-refractivity contribution >= 4 is 27.7 Å². The number of para-hydroxylation sites is 1. The van der Waals surface area contributed by atoms with Crippen LogP contribution in [-0.2, 0) is 15.1 Å². The maximum Gasteiger partial charge on any atom is 0.367 e. The maximum atomic E-state index is 11.3. The van der Waals surface area contributed by atoms with E-state index in [9.17, 15) is 18.0 Å². The van der Waals surface area contributed by atoms with Crippen LogP contribution in [0.2, 0.25) is 0 Å². The van der Waals surface area contributed by atoms with Crippen molar-refractivity contribution in [1.29, 1.82) is 0 Å². The van der Waals surface area contributed by atoms with Crippen molar-refractivity contribution in [1.82, 2.24) is 0 Å². The van der Waals surface area contributed by atoms with Gasteiger partial charge in [-0.25, -0.2) is 0 Å². The summed E-state index contributed by atoms with van der Waals surface area (Å²) in [5, 5.41) is 0. The lowest BCUT2D eigenvalue weighted by Gasteiger charge is -2.10. The molecule has 1 N–H and O–H groups in total. The number of Topliss-reactive ketones (excluding diaryl/α,β-unsaturated/α-hetero) is 1. The molecule has 0 atom stereocenters. The molecule has 1 aliphatic heterocycles. The van der Waals surface area contributed by atoms with Crippen LogP contribution in [0.1, 0.15) is 10.4 Å². The second-order valence-electron chi connectivity index (χ2n) is 2.89. The summed E-state index contributed by atoms with van der Waals surface area (Å²) in [7, 11) is -4.74. The highest BCUT2D eigenvalue weighted by molar-refractivity contribution is 7.88. The van der Waals surface area contributed by atoms with Gasteiger partial charge in [-0.3, -0.25) is 14.1 Å². The Morgan fingerprint density at radius 2 is 1.73 bits per heavy atom. The van der Waals surface area contributed by atoms with Crippen LogP contribution in [-0.4, -0.2) is 24.7 Å². The van der Waals surface area contributed by atoms with E-state index in [0.717, 1.165) is 0 Å². The van der Waals surface area contributed by atoms with Crippen LogP contribution in [0, 0.1) is 0 Å². The Labute approximate surface area is 85.0 Å². The molecule has 6 nitrogen and oxygen atoms in total. The van der Waals surface area contributed by atoms with Crippen LogP contribution in [0.3, 0.4) is 0 Å². The third kappa shape index (κ3) is 1.32. The zero-order valence-electron chi connectivity index (χ0n) is 7.25. The Morgan fingerprint density at radius 1 is 1.13 bits per heavy atom. The lowest BCUT2D eigenvalue weighted by atomic mass is 10.1. The number of ketones is 1. The lowest BCUT2D eigenvalue weighted by molar-refractivity contribution is -0.113. The van der Waals surface area contributed by atoms with Gasteiger partial charge in [0.15, 0.2) is 0 Å². The number of rotatable bonds is 1. The molecular weight excluding hydrogens is 222 g/mol. The zero-order chi connectivity index (χ0) is 11.2. The quantitative estimate of drug-likeness (QED) is 0.539. The summed E-state index contributed by atoms with van der Waals surface area (Å²) >= 11 is 0. The van der Waals surface area contributed by atoms with Gasteiger partial charge in [-0.15, -0.1) is 0 Å². The van der Waals surface area contributed by atoms with Crippen LogP contribution in [0.5, 0.6) is 0 Å². The van der Waals surface area contributed by atoms with E-state index in [0.29, 0.717) is 0 Å². The minimum absolute atomic E-state index is 0.0277. The number of fused-ring (bicyclic) bond motifs is 1. The fourth-order valence-electron chi connectivity index (χ4n) is 1.39. The van der Waals surface area contributed by atoms with Gasteiger partial charge in [-0.2, -0.15) is 12.7 Å². The Balaban J connectivity index is 2.73. The largest absolute Gasteiger partial charge is 0.367 e. The molecule has 7 heteroatoms. The van der Waals surface area contributed by atoms with Gasteiger partial charge >= 0.3 is 16.2 Å². The zero-order valence-corrected chi connectivity index (χ0v) is 8.06. The molecule has 2 rings (SSSR count). The van der Waals surface area contributed by atoms with Crippen molar-refractivity contribution in [3.8, 4) is 0 Å². The molecule has 0 radical (unpaired) electrons. The number of benzene rings is 1. The number of hydrogen-bond donors (Lipinski definition) is 1. The molecule has 78 valence electrons. The van der Waals surface area contributed by atoms with E-state index < -0.39 is 22.0 Å². The molecule has 1 aliphatic rings. The Bertz CT molecular complexity index is 562. The average Bonchev–Trinajstić information content (AvgIpc) is 2.39. The topological polar surface area (TPSA) is 91.8 Å². The smallest absolute Gasteiger partial charge is 0.283 e. The number of carbonyl (C=O) groups is 2. The monoisotopic (exact) mass is 227 g/mol. The number of anilines is 1. The van der Waals surface area contributed by atoms with Gasteiger partial charge in [0.1, 0.15) is 0 Å². The predicted octanol–water partition coefficient (Wildman–Crippen LogP) is 0.0187. The first kappa shape index (κ1) is 9.81. The highest BCUT2D eigenvalue weighted by atomic mass is 32.2. The van der Waals surface area contributed by atoms with Gasteiger partial charge in [-0.1, -0.05) is 12.1 Å². The van der Waals surface area contributed by atoms with E-state index in [1.54, 1.807) is 0 Å². The molecule has 0 saturated heterocycles. The van der Waals surface area contributed by atoms with E-state index in [-0.39, 0.29) is 15.6 Å². The van der Waals surface area contributed by atoms with Gasteiger partial charge in [0.2, 0.25) is 0 Å². The SMILES string of the molecule is O=C1C(=O)N(S(=O)(=O)O)c2ccccc21. The number of hydrogen-bond acceptors (Lipinski definition) is 4. The molecule has 1 aromatic rings. The van der Waals surface area contributed by atoms with Crippen LogP contribution in [0.15, 0.2) is 24.3 Å². The molecule has 1 heterocycles. The minimum Gasteiger partial charge on any atom is -0.283 e. The fourth-order valence-corrected chi connectivity index (χ4v) is 2.09. The second-order valence-corrected chi connectivity index (χ2v) is 4.15. The molecule has 0 fully saturated rings. The van der Waals surface area contributed by atoms with Gasteiger partial charge in [0.25, 0.3) is 5.78 Å². The lowest BCUT2D eigenvalue weighted by Crippen LogP contribution is -2.35. The standard InChI is InChI=1S/C8H5NO5S/c10-7-5-3-1-2-4-6(5)9(8(7)11)15(12,13)14/h1-4H,(H,12,13,14). The Hall–Kier alpha value is -1.73. The van der Waals surface area contributed by atoms with Gasteiger partial charge in [-0.05, 0) is 12.1 Å². The van der Waals surface area contributed by atoms with Crippen LogP contribution >= 0.6 is 0 Å². The van der Waals surface area contributed by atoms with Crippen LogP contribution < -0.4 is 4.31 Å². The highest BCUT2D eigenvalue weighted by Gasteiger charge is 2.41. The third-order valence-corrected chi connectivity index (χ3v) is 2.80. The number of nitrogens with zero attached hydrogens (tertiary/aromatic N) is 1. The van der Waals surface area contributed by atoms with Crippen LogP contribution in [0.4, 0.5) is 5.69 Å². The summed E-state index contributed by atoms with van der Waals surface area (Å²) in [6.45, 7) is 0. The van der Waals surface area contributed by atoms with Crippen molar-refractivity contribution in [3.63, 3.8) is 0 Å². The summed E-state index contributed by atoms with van der Waals surface area (Å²) in [6.07, 6.45) is 0. The first-order chi connectivity index (χ1) is 6.93. The highest BCUT2D eigenvalue weighted by Crippen LogP contribution is 2.30. The average molecular weight is 227 g/mol. The summed E-state index contributed by atoms with van der Waals surface area (Å²) in [5.74, 6) is -2.21. The minimum atomic E-state index is -4.74. The number of amides is 1. The molecule has 1 amide bonds. The summed E-state index contributed by atoms with van der Waals surface area (Å²) in [4.78, 5) is 22.5. The van der Waals surface area contributed by atoms with E-state index in [4.69, 9.17) is 4.55 Å². The molecule has 0 bridgehead atoms. The maximum absolute atomic E-state index is 11.3. The van der Waals surface area contributed by atoms with Gasteiger partial charge in [0, 0.05) is 0 Å². The number of carbonyl (C=O) groups excluding carboxylic acids is 2. The molecule has 15 heavy (non-hydrogen) atoms. The first-order valence-corrected chi connectivity index (χ1v) is 5.28.